The molecule has 4 unspecified atom stereocenters. The zero-order chi connectivity index (χ0) is 13.4. The van der Waals surface area contributed by atoms with Crippen molar-refractivity contribution in [1.29, 1.82) is 0 Å². The van der Waals surface area contributed by atoms with Gasteiger partial charge < -0.3 is 9.47 Å². The van der Waals surface area contributed by atoms with Gasteiger partial charge in [-0.2, -0.15) is 13.2 Å². The summed E-state index contributed by atoms with van der Waals surface area (Å²) in [6.07, 6.45) is 0.956. The molecule has 1 fully saturated rings. The molecule has 0 N–H and O–H groups in total. The zero-order valence-electron chi connectivity index (χ0n) is 10.7. The summed E-state index contributed by atoms with van der Waals surface area (Å²) in [5.41, 5.74) is -2.10. The summed E-state index contributed by atoms with van der Waals surface area (Å²) in [7, 11) is 0. The van der Waals surface area contributed by atoms with Gasteiger partial charge >= 0.3 is 6.18 Å². The minimum Gasteiger partial charge on any atom is -0.356 e. The molecule has 0 aromatic rings. The van der Waals surface area contributed by atoms with Crippen molar-refractivity contribution in [2.75, 3.05) is 13.4 Å². The van der Waals surface area contributed by atoms with Crippen LogP contribution in [0.1, 0.15) is 26.7 Å². The van der Waals surface area contributed by atoms with Gasteiger partial charge in [0.05, 0.1) is 0 Å². The highest BCUT2D eigenvalue weighted by Gasteiger charge is 2.61. The normalized spacial score (nSPS) is 33.9. The lowest BCUT2D eigenvalue weighted by Gasteiger charge is -2.39. The predicted octanol–water partition coefficient (Wildman–Crippen LogP) is 3.53. The van der Waals surface area contributed by atoms with Gasteiger partial charge in [-0.1, -0.05) is 12.2 Å². The molecular weight excluding hydrogens is 245 g/mol. The zero-order valence-corrected chi connectivity index (χ0v) is 10.7. The maximum atomic E-state index is 13.3. The first-order chi connectivity index (χ1) is 8.38. The van der Waals surface area contributed by atoms with Crippen LogP contribution in [-0.2, 0) is 9.47 Å². The topological polar surface area (TPSA) is 18.5 Å². The molecule has 0 radical (unpaired) electrons. The first-order valence-electron chi connectivity index (χ1n) is 6.35. The Balaban J connectivity index is 2.12. The SMILES string of the molecule is CCOCOC(C)(C1CC2C=CC1C2)C(F)(F)F. The van der Waals surface area contributed by atoms with E-state index in [9.17, 15) is 13.2 Å². The Bertz CT molecular complexity index is 327. The van der Waals surface area contributed by atoms with Gasteiger partial charge in [0.1, 0.15) is 6.79 Å². The average Bonchev–Trinajstić information content (AvgIpc) is 2.89. The van der Waals surface area contributed by atoms with Crippen LogP contribution in [0, 0.1) is 17.8 Å². The molecule has 2 bridgehead atoms. The minimum absolute atomic E-state index is 0.0109. The Labute approximate surface area is 105 Å². The smallest absolute Gasteiger partial charge is 0.356 e. The third-order valence-electron chi connectivity index (χ3n) is 4.20. The molecule has 0 amide bonds. The van der Waals surface area contributed by atoms with Gasteiger partial charge in [0.15, 0.2) is 5.60 Å². The first-order valence-corrected chi connectivity index (χ1v) is 6.35. The van der Waals surface area contributed by atoms with Crippen molar-refractivity contribution >= 4 is 0 Å². The molecule has 0 aromatic heterocycles. The monoisotopic (exact) mass is 264 g/mol. The second-order valence-corrected chi connectivity index (χ2v) is 5.25. The number of allylic oxidation sites excluding steroid dienone is 2. The van der Waals surface area contributed by atoms with E-state index in [0.717, 1.165) is 13.3 Å². The summed E-state index contributed by atoms with van der Waals surface area (Å²) in [4.78, 5) is 0. The molecule has 2 nitrogen and oxygen atoms in total. The van der Waals surface area contributed by atoms with Crippen molar-refractivity contribution in [3.63, 3.8) is 0 Å². The van der Waals surface area contributed by atoms with Gasteiger partial charge in [-0.25, -0.2) is 0 Å². The molecule has 2 rings (SSSR count). The quantitative estimate of drug-likeness (QED) is 0.429. The fourth-order valence-corrected chi connectivity index (χ4v) is 3.06. The van der Waals surface area contributed by atoms with Crippen LogP contribution in [0.4, 0.5) is 13.2 Å². The molecule has 0 aliphatic heterocycles. The summed E-state index contributed by atoms with van der Waals surface area (Å²) in [6, 6.07) is 0. The molecule has 5 heteroatoms. The van der Waals surface area contributed by atoms with Crippen LogP contribution in [0.5, 0.6) is 0 Å². The molecular formula is C13H19F3O2. The number of hydrogen-bond acceptors (Lipinski definition) is 2. The molecule has 104 valence electrons. The number of hydrogen-bond donors (Lipinski definition) is 0. The number of halogens is 3. The standard InChI is InChI=1S/C13H19F3O2/c1-3-17-8-18-12(2,13(14,15)16)11-7-9-4-5-10(11)6-9/h4-5,9-11H,3,6-8H2,1-2H3. The van der Waals surface area contributed by atoms with Crippen molar-refractivity contribution in [2.45, 2.75) is 38.5 Å². The van der Waals surface area contributed by atoms with Crippen molar-refractivity contribution in [1.82, 2.24) is 0 Å². The third kappa shape index (κ3) is 2.30. The van der Waals surface area contributed by atoms with Crippen LogP contribution >= 0.6 is 0 Å². The lowest BCUT2D eigenvalue weighted by atomic mass is 9.79. The number of alkyl halides is 3. The highest BCUT2D eigenvalue weighted by atomic mass is 19.4. The lowest BCUT2D eigenvalue weighted by Crippen LogP contribution is -2.52. The van der Waals surface area contributed by atoms with Crippen molar-refractivity contribution in [3.8, 4) is 0 Å². The fourth-order valence-electron chi connectivity index (χ4n) is 3.06. The predicted molar refractivity (Wildman–Crippen MR) is 60.9 cm³/mol. The van der Waals surface area contributed by atoms with Crippen LogP contribution < -0.4 is 0 Å². The number of ether oxygens (including phenoxy) is 2. The van der Waals surface area contributed by atoms with Crippen LogP contribution in [0.25, 0.3) is 0 Å². The van der Waals surface area contributed by atoms with Gasteiger partial charge in [0.25, 0.3) is 0 Å². The summed E-state index contributed by atoms with van der Waals surface area (Å²) in [5, 5.41) is 0. The molecule has 0 saturated heterocycles. The van der Waals surface area contributed by atoms with E-state index in [2.05, 4.69) is 0 Å². The van der Waals surface area contributed by atoms with E-state index in [4.69, 9.17) is 9.47 Å². The van der Waals surface area contributed by atoms with Crippen LogP contribution in [-0.4, -0.2) is 25.2 Å². The second kappa shape index (κ2) is 4.85. The summed E-state index contributed by atoms with van der Waals surface area (Å²) in [6.45, 7) is 2.94. The van der Waals surface area contributed by atoms with Crippen LogP contribution in [0.3, 0.4) is 0 Å². The van der Waals surface area contributed by atoms with E-state index >= 15 is 0 Å². The van der Waals surface area contributed by atoms with E-state index in [1.165, 1.54) is 0 Å². The minimum atomic E-state index is -4.37. The molecule has 0 spiro atoms. The van der Waals surface area contributed by atoms with E-state index in [1.807, 2.05) is 12.2 Å². The Kier molecular flexibility index (Phi) is 3.74. The average molecular weight is 264 g/mol. The Hall–Kier alpha value is -0.550. The van der Waals surface area contributed by atoms with Crippen LogP contribution in [0.2, 0.25) is 0 Å². The van der Waals surface area contributed by atoms with Gasteiger partial charge in [-0.05, 0) is 38.5 Å². The molecule has 2 aliphatic rings. The fraction of sp³-hybridized carbons (Fsp3) is 0.846. The lowest BCUT2D eigenvalue weighted by molar-refractivity contribution is -0.311. The van der Waals surface area contributed by atoms with Crippen molar-refractivity contribution in [3.05, 3.63) is 12.2 Å². The molecule has 4 atom stereocenters. The molecule has 0 heterocycles. The summed E-state index contributed by atoms with van der Waals surface area (Å²) in [5.74, 6) is -0.214. The largest absolute Gasteiger partial charge is 0.417 e. The maximum absolute atomic E-state index is 13.3. The Morgan fingerprint density at radius 2 is 1.94 bits per heavy atom. The van der Waals surface area contributed by atoms with E-state index in [1.54, 1.807) is 6.92 Å². The summed E-state index contributed by atoms with van der Waals surface area (Å²) >= 11 is 0. The second-order valence-electron chi connectivity index (χ2n) is 5.25. The first kappa shape index (κ1) is 13.9. The van der Waals surface area contributed by atoms with Gasteiger partial charge in [-0.15, -0.1) is 0 Å². The van der Waals surface area contributed by atoms with Crippen LogP contribution in [0.15, 0.2) is 12.2 Å². The highest BCUT2D eigenvalue weighted by Crippen LogP contribution is 2.53. The van der Waals surface area contributed by atoms with Gasteiger partial charge in [0.2, 0.25) is 0 Å². The third-order valence-corrected chi connectivity index (χ3v) is 4.20. The molecule has 1 saturated carbocycles. The van der Waals surface area contributed by atoms with Gasteiger partial charge in [0, 0.05) is 12.5 Å². The summed E-state index contributed by atoms with van der Waals surface area (Å²) < 4.78 is 49.9. The highest BCUT2D eigenvalue weighted by molar-refractivity contribution is 5.14. The Morgan fingerprint density at radius 1 is 1.22 bits per heavy atom. The van der Waals surface area contributed by atoms with Crippen molar-refractivity contribution < 1.29 is 22.6 Å². The Morgan fingerprint density at radius 3 is 2.39 bits per heavy atom. The van der Waals surface area contributed by atoms with E-state index < -0.39 is 17.7 Å². The number of rotatable bonds is 5. The van der Waals surface area contributed by atoms with Crippen molar-refractivity contribution in [2.24, 2.45) is 17.8 Å². The van der Waals surface area contributed by atoms with E-state index in [-0.39, 0.29) is 18.6 Å². The molecule has 2 aliphatic carbocycles. The van der Waals surface area contributed by atoms with E-state index in [0.29, 0.717) is 13.0 Å². The molecule has 18 heavy (non-hydrogen) atoms. The maximum Gasteiger partial charge on any atom is 0.417 e. The number of fused-ring (bicyclic) bond motifs is 2. The van der Waals surface area contributed by atoms with Gasteiger partial charge in [-0.3, -0.25) is 0 Å². The molecule has 0 aromatic carbocycles.